The largest absolute Gasteiger partial charge is 0.416 e. The topological polar surface area (TPSA) is 99.8 Å². The minimum absolute atomic E-state index is 0.0346. The fourth-order valence-corrected chi connectivity index (χ4v) is 3.17. The number of carbonyl (C=O) groups excluding carboxylic acids is 2. The van der Waals surface area contributed by atoms with E-state index in [1.807, 2.05) is 0 Å². The number of amides is 2. The third-order valence-corrected chi connectivity index (χ3v) is 4.45. The minimum Gasteiger partial charge on any atom is -0.368 e. The van der Waals surface area contributed by atoms with Gasteiger partial charge < -0.3 is 16.1 Å². The summed E-state index contributed by atoms with van der Waals surface area (Å²) in [5.74, 6) is -1.99. The molecule has 4 N–H and O–H groups in total. The molecule has 2 amide bonds. The Kier molecular flexibility index (Phi) is 5.44. The lowest BCUT2D eigenvalue weighted by Gasteiger charge is -2.18. The van der Waals surface area contributed by atoms with Crippen LogP contribution < -0.4 is 21.4 Å². The number of para-hydroxylation sites is 1. The van der Waals surface area contributed by atoms with Crippen molar-refractivity contribution in [2.45, 2.75) is 12.1 Å². The average molecular weight is 405 g/mol. The van der Waals surface area contributed by atoms with Gasteiger partial charge >= 0.3 is 6.18 Å². The van der Waals surface area contributed by atoms with E-state index < -0.39 is 29.5 Å². The van der Waals surface area contributed by atoms with Crippen molar-refractivity contribution in [3.63, 3.8) is 0 Å². The molecule has 0 spiro atoms. The highest BCUT2D eigenvalue weighted by Gasteiger charge is 2.38. The van der Waals surface area contributed by atoms with E-state index in [1.54, 1.807) is 24.3 Å². The molecule has 1 atom stereocenters. The lowest BCUT2D eigenvalue weighted by atomic mass is 10.0. The number of nitrogens with zero attached hydrogens (tertiary/aromatic N) is 2. The van der Waals surface area contributed by atoms with Crippen LogP contribution in [0.3, 0.4) is 0 Å². The fourth-order valence-electron chi connectivity index (χ4n) is 3.17. The van der Waals surface area contributed by atoms with E-state index in [2.05, 4.69) is 15.8 Å². The van der Waals surface area contributed by atoms with Crippen molar-refractivity contribution in [1.82, 2.24) is 10.7 Å². The van der Waals surface area contributed by atoms with Gasteiger partial charge in [0.2, 0.25) is 11.9 Å². The van der Waals surface area contributed by atoms with Gasteiger partial charge in [-0.25, -0.2) is 0 Å². The average Bonchev–Trinajstić information content (AvgIpc) is 3.07. The van der Waals surface area contributed by atoms with E-state index in [-0.39, 0.29) is 18.1 Å². The van der Waals surface area contributed by atoms with E-state index in [1.165, 1.54) is 24.1 Å². The van der Waals surface area contributed by atoms with Gasteiger partial charge in [-0.05, 0) is 29.8 Å². The molecule has 0 saturated heterocycles. The molecule has 1 aliphatic heterocycles. The molecule has 0 aliphatic carbocycles. The quantitative estimate of drug-likeness (QED) is 0.413. The van der Waals surface area contributed by atoms with Gasteiger partial charge in [-0.3, -0.25) is 14.9 Å². The van der Waals surface area contributed by atoms with Crippen molar-refractivity contribution in [2.24, 2.45) is 10.8 Å². The van der Waals surface area contributed by atoms with Crippen LogP contribution in [-0.2, 0) is 11.0 Å². The summed E-state index contributed by atoms with van der Waals surface area (Å²) in [6.07, 6.45) is -4.56. The van der Waals surface area contributed by atoms with Crippen LogP contribution in [0.15, 0.2) is 53.6 Å². The number of rotatable bonds is 3. The molecule has 0 radical (unpaired) electrons. The maximum absolute atomic E-state index is 13.0. The Balaban J connectivity index is 1.91. The molecular formula is C19H18F3N5O2. The molecule has 7 nitrogen and oxygen atoms in total. The summed E-state index contributed by atoms with van der Waals surface area (Å²) in [6, 6.07) is 10.9. The summed E-state index contributed by atoms with van der Waals surface area (Å²) in [6.45, 7) is -0.0346. The SMILES string of the molecule is CN/N=C(\N)NC(=O)C1CN(C(=O)c2cccc(C(F)(F)F)c2)c2ccccc21. The van der Waals surface area contributed by atoms with Crippen LogP contribution in [0.25, 0.3) is 0 Å². The Morgan fingerprint density at radius 3 is 2.59 bits per heavy atom. The van der Waals surface area contributed by atoms with E-state index in [4.69, 9.17) is 5.73 Å². The van der Waals surface area contributed by atoms with Crippen molar-refractivity contribution in [1.29, 1.82) is 0 Å². The Labute approximate surface area is 164 Å². The molecule has 2 aromatic carbocycles. The predicted molar refractivity (Wildman–Crippen MR) is 101 cm³/mol. The van der Waals surface area contributed by atoms with E-state index in [0.717, 1.165) is 12.1 Å². The summed E-state index contributed by atoms with van der Waals surface area (Å²) < 4.78 is 39.0. The number of anilines is 1. The third-order valence-electron chi connectivity index (χ3n) is 4.45. The van der Waals surface area contributed by atoms with Crippen molar-refractivity contribution < 1.29 is 22.8 Å². The van der Waals surface area contributed by atoms with Gasteiger partial charge in [0.1, 0.15) is 0 Å². The molecule has 2 aromatic rings. The summed E-state index contributed by atoms with van der Waals surface area (Å²) in [4.78, 5) is 26.8. The number of benzene rings is 2. The first-order chi connectivity index (χ1) is 13.7. The maximum Gasteiger partial charge on any atom is 0.416 e. The number of halogens is 3. The number of hydrogen-bond acceptors (Lipinski definition) is 4. The molecule has 0 aromatic heterocycles. The number of hydrogen-bond donors (Lipinski definition) is 3. The molecule has 0 bridgehead atoms. The third kappa shape index (κ3) is 4.15. The van der Waals surface area contributed by atoms with Crippen LogP contribution in [0.2, 0.25) is 0 Å². The highest BCUT2D eigenvalue weighted by atomic mass is 19.4. The maximum atomic E-state index is 13.0. The van der Waals surface area contributed by atoms with Crippen LogP contribution in [0.4, 0.5) is 18.9 Å². The van der Waals surface area contributed by atoms with Crippen molar-refractivity contribution in [3.8, 4) is 0 Å². The second kappa shape index (κ2) is 7.82. The Morgan fingerprint density at radius 1 is 1.17 bits per heavy atom. The smallest absolute Gasteiger partial charge is 0.368 e. The number of nitrogens with two attached hydrogens (primary N) is 1. The van der Waals surface area contributed by atoms with Crippen molar-refractivity contribution in [2.75, 3.05) is 18.5 Å². The second-order valence-corrected chi connectivity index (χ2v) is 6.32. The molecule has 29 heavy (non-hydrogen) atoms. The fraction of sp³-hybridized carbons (Fsp3) is 0.211. The zero-order valence-electron chi connectivity index (χ0n) is 15.3. The van der Waals surface area contributed by atoms with Gasteiger partial charge in [-0.15, -0.1) is 5.10 Å². The summed E-state index contributed by atoms with van der Waals surface area (Å²) in [7, 11) is 1.51. The van der Waals surface area contributed by atoms with E-state index in [9.17, 15) is 22.8 Å². The second-order valence-electron chi connectivity index (χ2n) is 6.32. The molecule has 10 heteroatoms. The summed E-state index contributed by atoms with van der Waals surface area (Å²) in [5.41, 5.74) is 8.02. The molecule has 1 aliphatic rings. The standard InChI is InChI=1S/C19H18F3N5O2/c1-24-26-18(23)25-16(28)14-10-27(15-8-3-2-7-13(14)15)17(29)11-5-4-6-12(9-11)19(20,21)22/h2-9,14,24H,10H2,1H3,(H3,23,25,26,28). The van der Waals surface area contributed by atoms with Crippen LogP contribution >= 0.6 is 0 Å². The van der Waals surface area contributed by atoms with Gasteiger partial charge in [-0.2, -0.15) is 13.2 Å². The number of nitrogens with one attached hydrogen (secondary N) is 2. The van der Waals surface area contributed by atoms with Crippen molar-refractivity contribution >= 4 is 23.5 Å². The Hall–Kier alpha value is -3.56. The first-order valence-electron chi connectivity index (χ1n) is 8.61. The minimum atomic E-state index is -4.56. The number of guanidine groups is 1. The van der Waals surface area contributed by atoms with Gasteiger partial charge in [0, 0.05) is 24.8 Å². The number of alkyl halides is 3. The lowest BCUT2D eigenvalue weighted by Crippen LogP contribution is -2.42. The molecule has 1 heterocycles. The van der Waals surface area contributed by atoms with Gasteiger partial charge in [-0.1, -0.05) is 24.3 Å². The zero-order valence-corrected chi connectivity index (χ0v) is 15.3. The number of hydrazone groups is 1. The number of carbonyl (C=O) groups is 2. The summed E-state index contributed by atoms with van der Waals surface area (Å²) in [5, 5.41) is 6.08. The van der Waals surface area contributed by atoms with Crippen LogP contribution in [-0.4, -0.2) is 31.4 Å². The first-order valence-corrected chi connectivity index (χ1v) is 8.61. The predicted octanol–water partition coefficient (Wildman–Crippen LogP) is 2.01. The van der Waals surface area contributed by atoms with Gasteiger partial charge in [0.15, 0.2) is 0 Å². The van der Waals surface area contributed by atoms with Crippen LogP contribution in [0.1, 0.15) is 27.4 Å². The molecule has 1 unspecified atom stereocenters. The molecule has 152 valence electrons. The van der Waals surface area contributed by atoms with Crippen LogP contribution in [0.5, 0.6) is 0 Å². The summed E-state index contributed by atoms with van der Waals surface area (Å²) >= 11 is 0. The van der Waals surface area contributed by atoms with Crippen LogP contribution in [0, 0.1) is 0 Å². The van der Waals surface area contributed by atoms with E-state index >= 15 is 0 Å². The molecule has 0 saturated carbocycles. The highest BCUT2D eigenvalue weighted by Crippen LogP contribution is 2.37. The molecular weight excluding hydrogens is 387 g/mol. The van der Waals surface area contributed by atoms with Gasteiger partial charge in [0.05, 0.1) is 11.5 Å². The van der Waals surface area contributed by atoms with Gasteiger partial charge in [0.25, 0.3) is 5.91 Å². The molecule has 0 fully saturated rings. The zero-order chi connectivity index (χ0) is 21.2. The normalized spacial score (nSPS) is 16.3. The van der Waals surface area contributed by atoms with E-state index in [0.29, 0.717) is 11.3 Å². The monoisotopic (exact) mass is 405 g/mol. The highest BCUT2D eigenvalue weighted by molar-refractivity contribution is 6.10. The number of fused-ring (bicyclic) bond motifs is 1. The Bertz CT molecular complexity index is 974. The first kappa shape index (κ1) is 20.2. The molecule has 3 rings (SSSR count). The lowest BCUT2D eigenvalue weighted by molar-refractivity contribution is -0.137. The van der Waals surface area contributed by atoms with Crippen molar-refractivity contribution in [3.05, 3.63) is 65.2 Å². The Morgan fingerprint density at radius 2 is 1.90 bits per heavy atom.